The van der Waals surface area contributed by atoms with E-state index in [1.165, 1.54) is 0 Å². The van der Waals surface area contributed by atoms with Gasteiger partial charge in [0, 0.05) is 5.69 Å². The molecule has 10 heteroatoms. The number of esters is 1. The van der Waals surface area contributed by atoms with Gasteiger partial charge in [-0.2, -0.15) is 0 Å². The molecule has 0 aromatic heterocycles. The van der Waals surface area contributed by atoms with Crippen LogP contribution < -0.4 is 16.0 Å². The molecule has 1 heterocycles. The molecule has 6 amide bonds. The molecule has 1 aromatic carbocycles. The predicted octanol–water partition coefficient (Wildman–Crippen LogP) is 1.22. The molecule has 1 atom stereocenters. The molecule has 0 bridgehead atoms. The zero-order valence-corrected chi connectivity index (χ0v) is 16.8. The monoisotopic (exact) mass is 404 g/mol. The zero-order chi connectivity index (χ0) is 21.8. The molecule has 3 N–H and O–H groups in total. The SMILES string of the molecule is CCC1(C)NC(=O)N(CC(=O)OCC(=O)NC(=O)Nc2ccc(C)cc2C)C1=O. The number of anilines is 1. The molecule has 0 aliphatic carbocycles. The van der Waals surface area contributed by atoms with Crippen molar-refractivity contribution >= 4 is 35.5 Å². The molecule has 156 valence electrons. The molecule has 29 heavy (non-hydrogen) atoms. The van der Waals surface area contributed by atoms with Gasteiger partial charge in [-0.05, 0) is 38.8 Å². The number of benzene rings is 1. The van der Waals surface area contributed by atoms with Gasteiger partial charge in [-0.25, -0.2) is 9.59 Å². The van der Waals surface area contributed by atoms with Crippen LogP contribution >= 0.6 is 0 Å². The fraction of sp³-hybridized carbons (Fsp3) is 0.421. The number of urea groups is 2. The van der Waals surface area contributed by atoms with Crippen LogP contribution in [0.3, 0.4) is 0 Å². The summed E-state index contributed by atoms with van der Waals surface area (Å²) < 4.78 is 4.75. The molecule has 0 spiro atoms. The largest absolute Gasteiger partial charge is 0.454 e. The fourth-order valence-corrected chi connectivity index (χ4v) is 2.72. The Morgan fingerprint density at radius 3 is 2.48 bits per heavy atom. The minimum Gasteiger partial charge on any atom is -0.454 e. The Labute approximate surface area is 168 Å². The van der Waals surface area contributed by atoms with E-state index in [2.05, 4.69) is 10.6 Å². The Balaban J connectivity index is 1.80. The molecule has 10 nitrogen and oxygen atoms in total. The second-order valence-corrected chi connectivity index (χ2v) is 6.99. The molecule has 1 saturated heterocycles. The summed E-state index contributed by atoms with van der Waals surface area (Å²) in [5.74, 6) is -2.34. The lowest BCUT2D eigenvalue weighted by Gasteiger charge is -2.18. The molecular formula is C19H24N4O6. The Morgan fingerprint density at radius 1 is 1.21 bits per heavy atom. The van der Waals surface area contributed by atoms with E-state index < -0.39 is 48.5 Å². The van der Waals surface area contributed by atoms with Crippen molar-refractivity contribution in [2.75, 3.05) is 18.5 Å². The minimum absolute atomic E-state index is 0.362. The van der Waals surface area contributed by atoms with E-state index in [1.807, 2.05) is 31.3 Å². The maximum atomic E-state index is 12.2. The van der Waals surface area contributed by atoms with Crippen molar-refractivity contribution in [2.45, 2.75) is 39.7 Å². The van der Waals surface area contributed by atoms with Gasteiger partial charge in [-0.15, -0.1) is 0 Å². The van der Waals surface area contributed by atoms with Crippen LogP contribution in [0.4, 0.5) is 15.3 Å². The van der Waals surface area contributed by atoms with E-state index in [9.17, 15) is 24.0 Å². The molecule has 0 radical (unpaired) electrons. The summed E-state index contributed by atoms with van der Waals surface area (Å²) in [4.78, 5) is 60.3. The van der Waals surface area contributed by atoms with Crippen LogP contribution in [-0.4, -0.2) is 53.4 Å². The number of imide groups is 2. The third-order valence-electron chi connectivity index (χ3n) is 4.59. The summed E-state index contributed by atoms with van der Waals surface area (Å²) in [6.45, 7) is 5.66. The van der Waals surface area contributed by atoms with Crippen LogP contribution in [0.5, 0.6) is 0 Å². The Bertz CT molecular complexity index is 868. The van der Waals surface area contributed by atoms with Crippen molar-refractivity contribution in [3.8, 4) is 0 Å². The highest BCUT2D eigenvalue weighted by atomic mass is 16.5. The molecule has 1 aliphatic heterocycles. The van der Waals surface area contributed by atoms with E-state index in [4.69, 9.17) is 4.74 Å². The first kappa shape index (κ1) is 21.9. The van der Waals surface area contributed by atoms with Gasteiger partial charge in [-0.1, -0.05) is 24.6 Å². The number of amides is 6. The van der Waals surface area contributed by atoms with Gasteiger partial charge in [0.15, 0.2) is 6.61 Å². The maximum Gasteiger partial charge on any atom is 0.326 e. The summed E-state index contributed by atoms with van der Waals surface area (Å²) in [5.41, 5.74) is 1.32. The first-order valence-electron chi connectivity index (χ1n) is 9.03. The zero-order valence-electron chi connectivity index (χ0n) is 16.8. The second kappa shape index (κ2) is 8.72. The Morgan fingerprint density at radius 2 is 1.90 bits per heavy atom. The van der Waals surface area contributed by atoms with Crippen molar-refractivity contribution in [1.82, 2.24) is 15.5 Å². The number of rotatable bonds is 6. The van der Waals surface area contributed by atoms with Crippen LogP contribution in [0.25, 0.3) is 0 Å². The Hall–Kier alpha value is -3.43. The number of carbonyl (C=O) groups is 5. The predicted molar refractivity (Wildman–Crippen MR) is 103 cm³/mol. The fourth-order valence-electron chi connectivity index (χ4n) is 2.72. The van der Waals surface area contributed by atoms with Gasteiger partial charge in [0.1, 0.15) is 12.1 Å². The summed E-state index contributed by atoms with van der Waals surface area (Å²) in [6, 6.07) is 3.92. The van der Waals surface area contributed by atoms with Crippen LogP contribution in [0.2, 0.25) is 0 Å². The van der Waals surface area contributed by atoms with Crippen molar-refractivity contribution in [2.24, 2.45) is 0 Å². The summed E-state index contributed by atoms with van der Waals surface area (Å²) in [5, 5.41) is 7.06. The first-order chi connectivity index (χ1) is 13.6. The molecule has 2 rings (SSSR count). The number of hydrogen-bond donors (Lipinski definition) is 3. The summed E-state index contributed by atoms with van der Waals surface area (Å²) in [6.07, 6.45) is 0.362. The van der Waals surface area contributed by atoms with E-state index in [0.717, 1.165) is 16.0 Å². The lowest BCUT2D eigenvalue weighted by molar-refractivity contribution is -0.150. The van der Waals surface area contributed by atoms with E-state index in [0.29, 0.717) is 12.1 Å². The summed E-state index contributed by atoms with van der Waals surface area (Å²) in [7, 11) is 0. The van der Waals surface area contributed by atoms with Gasteiger partial charge in [0.2, 0.25) is 0 Å². The highest BCUT2D eigenvalue weighted by Gasteiger charge is 2.47. The lowest BCUT2D eigenvalue weighted by atomic mass is 9.99. The number of carbonyl (C=O) groups excluding carboxylic acids is 5. The smallest absolute Gasteiger partial charge is 0.326 e. The van der Waals surface area contributed by atoms with Crippen LogP contribution in [0.15, 0.2) is 18.2 Å². The minimum atomic E-state index is -1.07. The Kier molecular flexibility index (Phi) is 6.57. The molecule has 1 fully saturated rings. The average Bonchev–Trinajstić information content (AvgIpc) is 2.86. The topological polar surface area (TPSA) is 134 Å². The lowest BCUT2D eigenvalue weighted by Crippen LogP contribution is -2.44. The maximum absolute atomic E-state index is 12.2. The number of nitrogens with zero attached hydrogens (tertiary/aromatic N) is 1. The highest BCUT2D eigenvalue weighted by Crippen LogP contribution is 2.20. The quantitative estimate of drug-likeness (QED) is 0.482. The van der Waals surface area contributed by atoms with E-state index >= 15 is 0 Å². The standard InChI is InChI=1S/C19H24N4O6/c1-5-19(4)16(26)23(18(28)22-19)9-15(25)29-10-14(24)21-17(27)20-13-7-6-11(2)8-12(13)3/h6-8H,5,9-10H2,1-4H3,(H,22,28)(H2,20,21,24,27). The van der Waals surface area contributed by atoms with Crippen molar-refractivity contribution in [3.05, 3.63) is 29.3 Å². The van der Waals surface area contributed by atoms with E-state index in [-0.39, 0.29) is 0 Å². The van der Waals surface area contributed by atoms with Crippen molar-refractivity contribution in [1.29, 1.82) is 0 Å². The molecule has 1 aromatic rings. The van der Waals surface area contributed by atoms with Gasteiger partial charge < -0.3 is 15.4 Å². The van der Waals surface area contributed by atoms with Gasteiger partial charge in [0.25, 0.3) is 11.8 Å². The number of nitrogens with one attached hydrogen (secondary N) is 3. The number of ether oxygens (including phenoxy) is 1. The van der Waals surface area contributed by atoms with Crippen molar-refractivity contribution in [3.63, 3.8) is 0 Å². The third kappa shape index (κ3) is 5.31. The van der Waals surface area contributed by atoms with Crippen LogP contribution in [0, 0.1) is 13.8 Å². The van der Waals surface area contributed by atoms with Gasteiger partial charge >= 0.3 is 18.0 Å². The second-order valence-electron chi connectivity index (χ2n) is 6.99. The normalized spacial score (nSPS) is 18.3. The summed E-state index contributed by atoms with van der Waals surface area (Å²) >= 11 is 0. The van der Waals surface area contributed by atoms with Crippen LogP contribution in [0.1, 0.15) is 31.4 Å². The number of hydrogen-bond acceptors (Lipinski definition) is 6. The molecule has 0 saturated carbocycles. The number of aryl methyl sites for hydroxylation is 2. The molecule has 1 aliphatic rings. The molecule has 1 unspecified atom stereocenters. The highest BCUT2D eigenvalue weighted by molar-refractivity contribution is 6.08. The van der Waals surface area contributed by atoms with E-state index in [1.54, 1.807) is 19.9 Å². The van der Waals surface area contributed by atoms with Gasteiger partial charge in [0.05, 0.1) is 0 Å². The van der Waals surface area contributed by atoms with Crippen LogP contribution in [-0.2, 0) is 19.1 Å². The van der Waals surface area contributed by atoms with Crippen molar-refractivity contribution < 1.29 is 28.7 Å². The first-order valence-corrected chi connectivity index (χ1v) is 9.03. The average molecular weight is 404 g/mol. The third-order valence-corrected chi connectivity index (χ3v) is 4.59. The van der Waals surface area contributed by atoms with Gasteiger partial charge in [-0.3, -0.25) is 24.6 Å². The molecular weight excluding hydrogens is 380 g/mol.